The zero-order chi connectivity index (χ0) is 15.2. The number of rotatable bonds is 6. The SMILES string of the molecule is CN1CCC(NCC(O)COc2ccc(Cl)cc2Cl)CC1. The molecular formula is C15H22Cl2N2O2. The van der Waals surface area contributed by atoms with Crippen LogP contribution in [0.2, 0.25) is 10.0 Å². The summed E-state index contributed by atoms with van der Waals surface area (Å²) in [6.45, 7) is 2.94. The maximum absolute atomic E-state index is 9.97. The van der Waals surface area contributed by atoms with E-state index < -0.39 is 6.10 Å². The van der Waals surface area contributed by atoms with Gasteiger partial charge < -0.3 is 20.1 Å². The predicted molar refractivity (Wildman–Crippen MR) is 86.5 cm³/mol. The van der Waals surface area contributed by atoms with Crippen LogP contribution in [0.1, 0.15) is 12.8 Å². The van der Waals surface area contributed by atoms with Gasteiger partial charge in [-0.2, -0.15) is 0 Å². The topological polar surface area (TPSA) is 44.7 Å². The molecule has 1 atom stereocenters. The molecule has 1 aromatic rings. The van der Waals surface area contributed by atoms with Gasteiger partial charge in [-0.1, -0.05) is 23.2 Å². The van der Waals surface area contributed by atoms with Crippen LogP contribution < -0.4 is 10.1 Å². The molecule has 0 saturated carbocycles. The summed E-state index contributed by atoms with van der Waals surface area (Å²) in [7, 11) is 2.13. The summed E-state index contributed by atoms with van der Waals surface area (Å²) in [5, 5.41) is 14.4. The quantitative estimate of drug-likeness (QED) is 0.839. The number of aliphatic hydroxyl groups excluding tert-OH is 1. The highest BCUT2D eigenvalue weighted by molar-refractivity contribution is 6.35. The molecule has 0 aromatic heterocycles. The van der Waals surface area contributed by atoms with Crippen molar-refractivity contribution in [1.29, 1.82) is 0 Å². The van der Waals surface area contributed by atoms with Gasteiger partial charge in [0.15, 0.2) is 0 Å². The van der Waals surface area contributed by atoms with Crippen LogP contribution in [0, 0.1) is 0 Å². The summed E-state index contributed by atoms with van der Waals surface area (Å²) in [6, 6.07) is 5.53. The van der Waals surface area contributed by atoms with E-state index >= 15 is 0 Å². The minimum absolute atomic E-state index is 0.209. The molecule has 0 amide bonds. The predicted octanol–water partition coefficient (Wildman–Crippen LogP) is 2.42. The van der Waals surface area contributed by atoms with Gasteiger partial charge in [0.1, 0.15) is 18.5 Å². The monoisotopic (exact) mass is 332 g/mol. The Bertz CT molecular complexity index is 451. The lowest BCUT2D eigenvalue weighted by atomic mass is 10.1. The maximum Gasteiger partial charge on any atom is 0.138 e. The zero-order valence-electron chi connectivity index (χ0n) is 12.2. The van der Waals surface area contributed by atoms with Crippen LogP contribution in [-0.2, 0) is 0 Å². The van der Waals surface area contributed by atoms with Gasteiger partial charge in [-0.15, -0.1) is 0 Å². The van der Waals surface area contributed by atoms with E-state index in [1.807, 2.05) is 0 Å². The van der Waals surface area contributed by atoms with Gasteiger partial charge in [0, 0.05) is 17.6 Å². The number of nitrogens with zero attached hydrogens (tertiary/aromatic N) is 1. The number of halogens is 2. The first-order valence-electron chi connectivity index (χ1n) is 7.22. The molecule has 0 radical (unpaired) electrons. The lowest BCUT2D eigenvalue weighted by molar-refractivity contribution is 0.0996. The van der Waals surface area contributed by atoms with Gasteiger partial charge >= 0.3 is 0 Å². The summed E-state index contributed by atoms with van der Waals surface area (Å²) >= 11 is 11.8. The Morgan fingerprint density at radius 3 is 2.76 bits per heavy atom. The molecule has 21 heavy (non-hydrogen) atoms. The molecule has 0 bridgehead atoms. The second-order valence-corrected chi connectivity index (χ2v) is 6.37. The lowest BCUT2D eigenvalue weighted by Crippen LogP contribution is -2.44. The van der Waals surface area contributed by atoms with Crippen LogP contribution in [-0.4, -0.2) is 55.4 Å². The molecule has 1 saturated heterocycles. The maximum atomic E-state index is 9.97. The van der Waals surface area contributed by atoms with Gasteiger partial charge in [-0.05, 0) is 51.2 Å². The summed E-state index contributed by atoms with van der Waals surface area (Å²) in [5.74, 6) is 0.541. The van der Waals surface area contributed by atoms with Crippen molar-refractivity contribution in [3.05, 3.63) is 28.2 Å². The van der Waals surface area contributed by atoms with Crippen LogP contribution in [0.15, 0.2) is 18.2 Å². The van der Waals surface area contributed by atoms with Gasteiger partial charge in [0.25, 0.3) is 0 Å². The normalized spacial score (nSPS) is 18.7. The zero-order valence-corrected chi connectivity index (χ0v) is 13.7. The standard InChI is InChI=1S/C15H22Cl2N2O2/c1-19-6-4-12(5-7-19)18-9-13(20)10-21-15-3-2-11(16)8-14(15)17/h2-3,8,12-13,18,20H,4-7,9-10H2,1H3. The molecule has 1 aliphatic heterocycles. The van der Waals surface area contributed by atoms with Gasteiger partial charge in [0.05, 0.1) is 5.02 Å². The van der Waals surface area contributed by atoms with E-state index in [1.165, 1.54) is 0 Å². The van der Waals surface area contributed by atoms with Gasteiger partial charge in [-0.25, -0.2) is 0 Å². The summed E-state index contributed by atoms with van der Waals surface area (Å²) in [4.78, 5) is 2.32. The second kappa shape index (κ2) is 8.20. The third-order valence-electron chi connectivity index (χ3n) is 3.69. The van der Waals surface area contributed by atoms with Crippen molar-refractivity contribution >= 4 is 23.2 Å². The van der Waals surface area contributed by atoms with Crippen molar-refractivity contribution in [2.75, 3.05) is 33.3 Å². The van der Waals surface area contributed by atoms with Crippen LogP contribution in [0.25, 0.3) is 0 Å². The Kier molecular flexibility index (Phi) is 6.58. The molecule has 1 fully saturated rings. The second-order valence-electron chi connectivity index (χ2n) is 5.53. The first kappa shape index (κ1) is 16.8. The number of hydrogen-bond donors (Lipinski definition) is 2. The van der Waals surface area contributed by atoms with Crippen LogP contribution in [0.4, 0.5) is 0 Å². The van der Waals surface area contributed by atoms with Crippen molar-refractivity contribution < 1.29 is 9.84 Å². The molecule has 1 aromatic carbocycles. The third kappa shape index (κ3) is 5.64. The van der Waals surface area contributed by atoms with E-state index in [-0.39, 0.29) is 6.61 Å². The first-order chi connectivity index (χ1) is 10.0. The number of piperidine rings is 1. The molecule has 2 rings (SSSR count). The molecule has 6 heteroatoms. The highest BCUT2D eigenvalue weighted by Gasteiger charge is 2.17. The molecule has 0 spiro atoms. The average Bonchev–Trinajstić information content (AvgIpc) is 2.46. The first-order valence-corrected chi connectivity index (χ1v) is 7.98. The minimum atomic E-state index is -0.559. The van der Waals surface area contributed by atoms with E-state index in [2.05, 4.69) is 17.3 Å². The largest absolute Gasteiger partial charge is 0.489 e. The van der Waals surface area contributed by atoms with Crippen LogP contribution >= 0.6 is 23.2 Å². The molecule has 1 unspecified atom stereocenters. The van der Waals surface area contributed by atoms with E-state index in [0.29, 0.717) is 28.4 Å². The highest BCUT2D eigenvalue weighted by Crippen LogP contribution is 2.27. The Morgan fingerprint density at radius 2 is 2.10 bits per heavy atom. The van der Waals surface area contributed by atoms with Crippen LogP contribution in [0.5, 0.6) is 5.75 Å². The van der Waals surface area contributed by atoms with E-state index in [4.69, 9.17) is 27.9 Å². The molecule has 2 N–H and O–H groups in total. The third-order valence-corrected chi connectivity index (χ3v) is 4.22. The molecular weight excluding hydrogens is 311 g/mol. The number of likely N-dealkylation sites (tertiary alicyclic amines) is 1. The number of ether oxygens (including phenoxy) is 1. The number of nitrogens with one attached hydrogen (secondary N) is 1. The fraction of sp³-hybridized carbons (Fsp3) is 0.600. The Hall–Kier alpha value is -0.520. The van der Waals surface area contributed by atoms with E-state index in [1.54, 1.807) is 18.2 Å². The average molecular weight is 333 g/mol. The van der Waals surface area contributed by atoms with Crippen molar-refractivity contribution in [3.8, 4) is 5.75 Å². The molecule has 0 aliphatic carbocycles. The molecule has 1 aliphatic rings. The van der Waals surface area contributed by atoms with Crippen LogP contribution in [0.3, 0.4) is 0 Å². The smallest absolute Gasteiger partial charge is 0.138 e. The summed E-state index contributed by atoms with van der Waals surface area (Å²) < 4.78 is 5.52. The fourth-order valence-corrected chi connectivity index (χ4v) is 2.82. The number of aliphatic hydroxyl groups is 1. The van der Waals surface area contributed by atoms with Crippen molar-refractivity contribution in [1.82, 2.24) is 10.2 Å². The number of benzene rings is 1. The van der Waals surface area contributed by atoms with Crippen molar-refractivity contribution in [2.45, 2.75) is 25.0 Å². The summed E-state index contributed by atoms with van der Waals surface area (Å²) in [6.07, 6.45) is 1.68. The molecule has 1 heterocycles. The Morgan fingerprint density at radius 1 is 1.38 bits per heavy atom. The van der Waals surface area contributed by atoms with Crippen molar-refractivity contribution in [2.24, 2.45) is 0 Å². The van der Waals surface area contributed by atoms with Gasteiger partial charge in [0.2, 0.25) is 0 Å². The Labute approximate surface area is 136 Å². The fourth-order valence-electron chi connectivity index (χ4n) is 2.35. The Balaban J connectivity index is 1.68. The summed E-state index contributed by atoms with van der Waals surface area (Å²) in [5.41, 5.74) is 0. The molecule has 118 valence electrons. The van der Waals surface area contributed by atoms with E-state index in [0.717, 1.165) is 25.9 Å². The minimum Gasteiger partial charge on any atom is -0.489 e. The van der Waals surface area contributed by atoms with E-state index in [9.17, 15) is 5.11 Å². The molecule has 4 nitrogen and oxygen atoms in total. The van der Waals surface area contributed by atoms with Gasteiger partial charge in [-0.3, -0.25) is 0 Å². The van der Waals surface area contributed by atoms with Crippen molar-refractivity contribution in [3.63, 3.8) is 0 Å². The number of hydrogen-bond acceptors (Lipinski definition) is 4. The highest BCUT2D eigenvalue weighted by atomic mass is 35.5. The lowest BCUT2D eigenvalue weighted by Gasteiger charge is -2.30.